The van der Waals surface area contributed by atoms with Gasteiger partial charge in [-0.15, -0.1) is 6.58 Å². The highest BCUT2D eigenvalue weighted by molar-refractivity contribution is 5.96. The number of carboxylic acid groups (broad SMARTS) is 1. The Kier molecular flexibility index (Phi) is 10.2. The Labute approximate surface area is 286 Å². The summed E-state index contributed by atoms with van der Waals surface area (Å²) in [6.45, 7) is 6.00. The topological polar surface area (TPSA) is 147 Å². The summed E-state index contributed by atoms with van der Waals surface area (Å²) in [6, 6.07) is 15.9. The lowest BCUT2D eigenvalue weighted by Gasteiger charge is -2.29. The van der Waals surface area contributed by atoms with Crippen molar-refractivity contribution in [3.8, 4) is 17.0 Å². The maximum atomic E-state index is 14.2. The summed E-state index contributed by atoms with van der Waals surface area (Å²) in [6.07, 6.45) is 5.66. The summed E-state index contributed by atoms with van der Waals surface area (Å²) in [5, 5.41) is 16.3. The van der Waals surface area contributed by atoms with Crippen molar-refractivity contribution >= 4 is 34.8 Å². The first-order chi connectivity index (χ1) is 23.7. The van der Waals surface area contributed by atoms with Gasteiger partial charge in [0.05, 0.1) is 24.4 Å². The zero-order valence-corrected chi connectivity index (χ0v) is 27.9. The van der Waals surface area contributed by atoms with E-state index >= 15 is 0 Å². The molecular weight excluding hydrogens is 624 g/mol. The number of nitrogens with one attached hydrogen (secondary N) is 2. The molecule has 1 saturated carbocycles. The summed E-state index contributed by atoms with van der Waals surface area (Å²) >= 11 is 0. The highest BCUT2D eigenvalue weighted by Crippen LogP contribution is 2.45. The zero-order valence-electron chi connectivity index (χ0n) is 27.9. The van der Waals surface area contributed by atoms with E-state index < -0.39 is 53.5 Å². The van der Waals surface area contributed by atoms with Crippen LogP contribution in [0.4, 0.5) is 4.79 Å². The molecule has 3 aliphatic rings. The van der Waals surface area contributed by atoms with Gasteiger partial charge in [-0.3, -0.25) is 9.59 Å². The van der Waals surface area contributed by atoms with E-state index in [0.29, 0.717) is 25.0 Å². The van der Waals surface area contributed by atoms with Gasteiger partial charge in [0.15, 0.2) is 0 Å². The molecule has 3 heterocycles. The van der Waals surface area contributed by atoms with E-state index in [4.69, 9.17) is 14.5 Å². The van der Waals surface area contributed by atoms with Crippen LogP contribution in [0.25, 0.3) is 22.2 Å². The first-order valence-electron chi connectivity index (χ1n) is 17.3. The molecule has 2 fully saturated rings. The molecule has 1 aliphatic carbocycles. The van der Waals surface area contributed by atoms with Crippen molar-refractivity contribution in [1.82, 2.24) is 20.5 Å². The number of unbranched alkanes of at least 4 members (excludes halogenated alkanes) is 1. The Balaban J connectivity index is 1.38. The highest BCUT2D eigenvalue weighted by Gasteiger charge is 2.61. The number of nitrogens with zero attached hydrogens (tertiary/aromatic N) is 2. The van der Waals surface area contributed by atoms with Crippen molar-refractivity contribution in [2.24, 2.45) is 5.92 Å². The fourth-order valence-corrected chi connectivity index (χ4v) is 6.95. The third kappa shape index (κ3) is 7.40. The third-order valence-electron chi connectivity index (χ3n) is 9.85. The number of carboxylic acids is 1. The van der Waals surface area contributed by atoms with Crippen LogP contribution in [0.1, 0.15) is 63.9 Å². The summed E-state index contributed by atoms with van der Waals surface area (Å²) < 4.78 is 12.2. The van der Waals surface area contributed by atoms with Crippen LogP contribution in [0, 0.1) is 5.92 Å². The lowest BCUT2D eigenvalue weighted by Crippen LogP contribution is -2.56. The predicted octanol–water partition coefficient (Wildman–Crippen LogP) is 5.41. The van der Waals surface area contributed by atoms with Crippen LogP contribution in [-0.2, 0) is 25.5 Å². The Morgan fingerprint density at radius 2 is 1.96 bits per heavy atom. The summed E-state index contributed by atoms with van der Waals surface area (Å²) in [5.41, 5.74) is 2.06. The number of aromatic nitrogens is 1. The number of rotatable bonds is 8. The van der Waals surface area contributed by atoms with E-state index in [2.05, 4.69) is 29.3 Å². The summed E-state index contributed by atoms with van der Waals surface area (Å²) in [4.78, 5) is 59.7. The molecule has 3 aromatic rings. The molecule has 4 bridgehead atoms. The van der Waals surface area contributed by atoms with E-state index in [1.165, 1.54) is 11.0 Å². The normalized spacial score (nSPS) is 25.8. The second kappa shape index (κ2) is 14.7. The third-order valence-corrected chi connectivity index (χ3v) is 9.85. The number of hydrogen-bond donors (Lipinski definition) is 3. The zero-order chi connectivity index (χ0) is 34.5. The van der Waals surface area contributed by atoms with Gasteiger partial charge >= 0.3 is 12.1 Å². The molecule has 1 saturated heterocycles. The quantitative estimate of drug-likeness (QED) is 0.270. The van der Waals surface area contributed by atoms with Crippen LogP contribution in [-0.4, -0.2) is 75.7 Å². The van der Waals surface area contributed by atoms with Gasteiger partial charge in [0.2, 0.25) is 11.8 Å². The molecule has 1 aromatic heterocycles. The highest BCUT2D eigenvalue weighted by atomic mass is 16.5. The van der Waals surface area contributed by atoms with E-state index in [0.717, 1.165) is 53.4 Å². The van der Waals surface area contributed by atoms with Crippen LogP contribution >= 0.6 is 0 Å². The Morgan fingerprint density at radius 3 is 2.69 bits per heavy atom. The number of ether oxygens (including phenoxy) is 2. The predicted molar refractivity (Wildman–Crippen MR) is 184 cm³/mol. The monoisotopic (exact) mass is 668 g/mol. The lowest BCUT2D eigenvalue weighted by atomic mass is 10.0. The molecule has 5 atom stereocenters. The largest absolute Gasteiger partial charge is 0.488 e. The average Bonchev–Trinajstić information content (AvgIpc) is 3.67. The number of cyclic esters (lactones) is 1. The second-order valence-electron chi connectivity index (χ2n) is 13.3. The number of aryl methyl sites for hydroxylation is 1. The van der Waals surface area contributed by atoms with E-state index in [1.807, 2.05) is 49.4 Å². The molecular formula is C38H44N4O7. The van der Waals surface area contributed by atoms with Crippen LogP contribution in [0.5, 0.6) is 5.75 Å². The van der Waals surface area contributed by atoms with Gasteiger partial charge in [0.1, 0.15) is 29.5 Å². The standard InChI is InChI=1S/C38H44N4O7/c1-3-5-15-30-35(44)42-23-27(20-32(42)34(43)41-38(36(45)46)22-26(38)4-2)49-33-21-31(25-13-9-6-10-14-25)39-29-17-16-24(19-28(29)33)12-8-7-11-18-48-37(47)40-30/h4,6,9-10,13-14,16-17,19,21,26-27,30,32H,2-3,5,7-8,11-12,15,18,20,22-23H2,1H3,(H,40,47)(H,41,43)(H,45,46)/t26?,27-,30+,32+,38-/m1/s1. The first-order valence-corrected chi connectivity index (χ1v) is 17.3. The van der Waals surface area contributed by atoms with Crippen LogP contribution in [0.2, 0.25) is 0 Å². The fraction of sp³-hybridized carbons (Fsp3) is 0.447. The Hall–Kier alpha value is -4.93. The number of pyridine rings is 1. The van der Waals surface area contributed by atoms with E-state index in [1.54, 1.807) is 0 Å². The van der Waals surface area contributed by atoms with Gasteiger partial charge in [-0.1, -0.05) is 62.2 Å². The van der Waals surface area contributed by atoms with Crippen molar-refractivity contribution in [3.05, 3.63) is 72.8 Å². The second-order valence-corrected chi connectivity index (χ2v) is 13.3. The molecule has 3 N–H and O–H groups in total. The molecule has 1 unspecified atom stereocenters. The molecule has 11 heteroatoms. The maximum absolute atomic E-state index is 14.2. The number of alkyl carbamates (subject to hydrolysis) is 1. The number of benzene rings is 2. The number of fused-ring (bicyclic) bond motifs is 3. The Morgan fingerprint density at radius 1 is 1.14 bits per heavy atom. The fourth-order valence-electron chi connectivity index (χ4n) is 6.95. The van der Waals surface area contributed by atoms with Gasteiger partial charge < -0.3 is 30.1 Å². The van der Waals surface area contributed by atoms with Crippen molar-refractivity contribution in [3.63, 3.8) is 0 Å². The average molecular weight is 669 g/mol. The van der Waals surface area contributed by atoms with Gasteiger partial charge in [-0.05, 0) is 56.2 Å². The number of carbonyl (C=O) groups is 4. The van der Waals surface area contributed by atoms with Crippen LogP contribution in [0.3, 0.4) is 0 Å². The van der Waals surface area contributed by atoms with Gasteiger partial charge in [-0.2, -0.15) is 0 Å². The minimum absolute atomic E-state index is 0.0609. The molecule has 0 spiro atoms. The number of aliphatic carboxylic acids is 1. The van der Waals surface area contributed by atoms with E-state index in [-0.39, 0.29) is 26.0 Å². The molecule has 0 radical (unpaired) electrons. The number of amides is 3. The first kappa shape index (κ1) is 34.0. The van der Waals surface area contributed by atoms with Crippen LogP contribution < -0.4 is 15.4 Å². The Bertz CT molecular complexity index is 1730. The molecule has 49 heavy (non-hydrogen) atoms. The van der Waals surface area contributed by atoms with Crippen LogP contribution in [0.15, 0.2) is 67.3 Å². The SMILES string of the molecule is C=CC1C[C@]1(NC(=O)[C@@H]1C[C@@H]2CN1C(=O)[C@H](CCCC)NC(=O)OCCCCCc1ccc3nc(-c4ccccc4)cc(c3c1)O2)C(=O)O. The lowest BCUT2D eigenvalue weighted by molar-refractivity contribution is -0.145. The minimum Gasteiger partial charge on any atom is -0.488 e. The molecule has 3 amide bonds. The number of hydrogen-bond acceptors (Lipinski definition) is 7. The molecule has 11 nitrogen and oxygen atoms in total. The van der Waals surface area contributed by atoms with E-state index in [9.17, 15) is 24.3 Å². The van der Waals surface area contributed by atoms with Gasteiger partial charge in [-0.25, -0.2) is 14.6 Å². The summed E-state index contributed by atoms with van der Waals surface area (Å²) in [5.74, 6) is -2.00. The molecule has 2 aromatic carbocycles. The molecule has 258 valence electrons. The summed E-state index contributed by atoms with van der Waals surface area (Å²) in [7, 11) is 0. The maximum Gasteiger partial charge on any atom is 0.407 e. The van der Waals surface area contributed by atoms with Crippen molar-refractivity contribution < 1.29 is 33.8 Å². The van der Waals surface area contributed by atoms with Gasteiger partial charge in [0, 0.05) is 29.4 Å². The minimum atomic E-state index is -1.47. The van der Waals surface area contributed by atoms with Gasteiger partial charge in [0.25, 0.3) is 0 Å². The number of carbonyl (C=O) groups excluding carboxylic acids is 3. The van der Waals surface area contributed by atoms with Crippen molar-refractivity contribution in [1.29, 1.82) is 0 Å². The van der Waals surface area contributed by atoms with Crippen molar-refractivity contribution in [2.75, 3.05) is 13.2 Å². The molecule has 6 rings (SSSR count). The van der Waals surface area contributed by atoms with Crippen molar-refractivity contribution in [2.45, 2.75) is 88.4 Å². The smallest absolute Gasteiger partial charge is 0.407 e. The molecule has 2 aliphatic heterocycles.